The summed E-state index contributed by atoms with van der Waals surface area (Å²) in [5.74, 6) is -1.23. The lowest BCUT2D eigenvalue weighted by atomic mass is 9.99. The summed E-state index contributed by atoms with van der Waals surface area (Å²) in [6.45, 7) is 7.41. The van der Waals surface area contributed by atoms with Gasteiger partial charge in [0, 0.05) is 25.7 Å². The molecule has 103 heavy (non-hydrogen) atoms. The molecule has 0 aromatic rings. The van der Waals surface area contributed by atoms with Gasteiger partial charge in [0.05, 0.1) is 26.4 Å². The monoisotopic (exact) mass is 1510 g/mol. The molecule has 0 saturated heterocycles. The lowest BCUT2D eigenvalue weighted by molar-refractivity contribution is -0.161. The number of phosphoric acid groups is 2. The fourth-order valence-electron chi connectivity index (χ4n) is 13.1. The summed E-state index contributed by atoms with van der Waals surface area (Å²) in [5, 5.41) is 10.7. The number of ether oxygens (including phenoxy) is 4. The first kappa shape index (κ1) is 101. The van der Waals surface area contributed by atoms with Gasteiger partial charge in [0.25, 0.3) is 0 Å². The number of rotatable bonds is 84. The van der Waals surface area contributed by atoms with E-state index in [0.29, 0.717) is 25.7 Å². The summed E-state index contributed by atoms with van der Waals surface area (Å²) in [6.07, 6.45) is 69.3. The van der Waals surface area contributed by atoms with Crippen molar-refractivity contribution in [1.29, 1.82) is 0 Å². The Kier molecular flexibility index (Phi) is 75.4. The standard InChI is InChI=1S/C84H164O17P2/c1-6-10-13-16-19-22-24-26-28-35-39-43-48-53-58-63-68-82(87)95-74-80(101-84(89)70-65-60-55-50-45-41-37-33-31-30-32-34-38-42-47-51-56-61-66-77(5)9-4)76-99-103(92,93)97-72-78(85)71-96-102(90,91)98-75-79(73-94-81(86)67-62-57-52-46-21-18-15-12-8-3)100-83(88)69-64-59-54-49-44-40-36-29-27-25-23-20-17-14-11-7-2/h77-80,85H,6-76H2,1-5H3,(H,90,91)(H,92,93)/t77?,78-,79+,80+/m0/s1. The Morgan fingerprint density at radius 1 is 0.272 bits per heavy atom. The number of phosphoric ester groups is 2. The third kappa shape index (κ3) is 76.6. The Balaban J connectivity index is 5.20. The predicted molar refractivity (Wildman–Crippen MR) is 423 cm³/mol. The lowest BCUT2D eigenvalue weighted by Gasteiger charge is -2.21. The highest BCUT2D eigenvalue weighted by atomic mass is 31.2. The summed E-state index contributed by atoms with van der Waals surface area (Å²) in [6, 6.07) is 0. The molecule has 3 N–H and O–H groups in total. The van der Waals surface area contributed by atoms with Crippen molar-refractivity contribution in [3.8, 4) is 0 Å². The lowest BCUT2D eigenvalue weighted by Crippen LogP contribution is -2.30. The fraction of sp³-hybridized carbons (Fsp3) is 0.952. The Morgan fingerprint density at radius 3 is 0.689 bits per heavy atom. The summed E-state index contributed by atoms with van der Waals surface area (Å²) in [7, 11) is -9.92. The van der Waals surface area contributed by atoms with E-state index in [-0.39, 0.29) is 25.7 Å². The highest BCUT2D eigenvalue weighted by molar-refractivity contribution is 7.47. The molecular weight excluding hydrogens is 1340 g/mol. The van der Waals surface area contributed by atoms with Gasteiger partial charge in [-0.15, -0.1) is 0 Å². The van der Waals surface area contributed by atoms with Crippen molar-refractivity contribution in [2.45, 2.75) is 470 Å². The summed E-state index contributed by atoms with van der Waals surface area (Å²) >= 11 is 0. The number of carbonyl (C=O) groups is 4. The van der Waals surface area contributed by atoms with Crippen LogP contribution in [-0.4, -0.2) is 96.7 Å². The Labute approximate surface area is 632 Å². The molecule has 0 amide bonds. The zero-order chi connectivity index (χ0) is 75.5. The van der Waals surface area contributed by atoms with Gasteiger partial charge in [0.15, 0.2) is 12.2 Å². The molecule has 3 unspecified atom stereocenters. The average molecular weight is 1510 g/mol. The molecule has 0 spiro atoms. The smallest absolute Gasteiger partial charge is 0.462 e. The predicted octanol–water partition coefficient (Wildman–Crippen LogP) is 25.6. The minimum absolute atomic E-state index is 0.109. The van der Waals surface area contributed by atoms with E-state index in [9.17, 15) is 43.2 Å². The molecule has 0 aliphatic heterocycles. The topological polar surface area (TPSA) is 237 Å². The van der Waals surface area contributed by atoms with Crippen molar-refractivity contribution in [1.82, 2.24) is 0 Å². The number of aliphatic hydroxyl groups is 1. The highest BCUT2D eigenvalue weighted by Gasteiger charge is 2.30. The molecule has 0 aromatic carbocycles. The van der Waals surface area contributed by atoms with E-state index >= 15 is 0 Å². The first-order valence-corrected chi connectivity index (χ1v) is 46.7. The first-order chi connectivity index (χ1) is 50.1. The minimum atomic E-state index is -4.96. The molecular formula is C84H164O17P2. The summed E-state index contributed by atoms with van der Waals surface area (Å²) < 4.78 is 68.8. The second-order valence-electron chi connectivity index (χ2n) is 30.5. The van der Waals surface area contributed by atoms with Crippen molar-refractivity contribution in [2.24, 2.45) is 5.92 Å². The zero-order valence-electron chi connectivity index (χ0n) is 67.5. The maximum absolute atomic E-state index is 13.1. The van der Waals surface area contributed by atoms with Gasteiger partial charge in [-0.1, -0.05) is 401 Å². The van der Waals surface area contributed by atoms with E-state index in [1.54, 1.807) is 0 Å². The van der Waals surface area contributed by atoms with Gasteiger partial charge in [-0.3, -0.25) is 37.3 Å². The Morgan fingerprint density at radius 2 is 0.466 bits per heavy atom. The van der Waals surface area contributed by atoms with Gasteiger partial charge in [0.2, 0.25) is 0 Å². The van der Waals surface area contributed by atoms with E-state index in [1.807, 2.05) is 0 Å². The van der Waals surface area contributed by atoms with Crippen LogP contribution in [0.1, 0.15) is 452 Å². The van der Waals surface area contributed by atoms with E-state index < -0.39 is 97.5 Å². The number of aliphatic hydroxyl groups excluding tert-OH is 1. The third-order valence-electron chi connectivity index (χ3n) is 20.1. The number of carbonyl (C=O) groups excluding carboxylic acids is 4. The van der Waals surface area contributed by atoms with Gasteiger partial charge < -0.3 is 33.8 Å². The Hall–Kier alpha value is -1.94. The van der Waals surface area contributed by atoms with Crippen LogP contribution in [0.2, 0.25) is 0 Å². The number of esters is 4. The van der Waals surface area contributed by atoms with Crippen LogP contribution >= 0.6 is 15.6 Å². The van der Waals surface area contributed by atoms with Crippen LogP contribution in [0, 0.1) is 5.92 Å². The molecule has 0 fully saturated rings. The molecule has 0 radical (unpaired) electrons. The van der Waals surface area contributed by atoms with E-state index in [2.05, 4.69) is 34.6 Å². The van der Waals surface area contributed by atoms with Gasteiger partial charge in [-0.2, -0.15) is 0 Å². The van der Waals surface area contributed by atoms with Gasteiger partial charge in [-0.25, -0.2) is 9.13 Å². The summed E-state index contributed by atoms with van der Waals surface area (Å²) in [4.78, 5) is 73.1. The van der Waals surface area contributed by atoms with Gasteiger partial charge >= 0.3 is 39.5 Å². The fourth-order valence-corrected chi connectivity index (χ4v) is 14.7. The highest BCUT2D eigenvalue weighted by Crippen LogP contribution is 2.45. The van der Waals surface area contributed by atoms with Crippen LogP contribution in [-0.2, 0) is 65.4 Å². The maximum atomic E-state index is 13.1. The van der Waals surface area contributed by atoms with Crippen molar-refractivity contribution in [3.63, 3.8) is 0 Å². The van der Waals surface area contributed by atoms with Gasteiger partial charge in [0.1, 0.15) is 19.3 Å². The second-order valence-corrected chi connectivity index (χ2v) is 33.4. The molecule has 0 aromatic heterocycles. The molecule has 612 valence electrons. The van der Waals surface area contributed by atoms with Crippen molar-refractivity contribution < 1.29 is 80.2 Å². The van der Waals surface area contributed by atoms with Crippen molar-refractivity contribution in [3.05, 3.63) is 0 Å². The quantitative estimate of drug-likeness (QED) is 0.0222. The van der Waals surface area contributed by atoms with Crippen LogP contribution in [0.5, 0.6) is 0 Å². The van der Waals surface area contributed by atoms with E-state index in [0.717, 1.165) is 95.8 Å². The van der Waals surface area contributed by atoms with E-state index in [1.165, 1.54) is 276 Å². The van der Waals surface area contributed by atoms with E-state index in [4.69, 9.17) is 37.0 Å². The molecule has 0 aliphatic rings. The average Bonchev–Trinajstić information content (AvgIpc) is 1.04. The van der Waals surface area contributed by atoms with Crippen LogP contribution in [0.4, 0.5) is 0 Å². The molecule has 0 saturated carbocycles. The summed E-state index contributed by atoms with van der Waals surface area (Å²) in [5.41, 5.74) is 0. The molecule has 0 heterocycles. The molecule has 19 heteroatoms. The number of unbranched alkanes of at least 4 members (excludes halogenated alkanes) is 55. The first-order valence-electron chi connectivity index (χ1n) is 43.7. The number of hydrogen-bond acceptors (Lipinski definition) is 15. The molecule has 6 atom stereocenters. The Bertz CT molecular complexity index is 1960. The largest absolute Gasteiger partial charge is 0.472 e. The van der Waals surface area contributed by atoms with Crippen LogP contribution < -0.4 is 0 Å². The minimum Gasteiger partial charge on any atom is -0.462 e. The maximum Gasteiger partial charge on any atom is 0.472 e. The van der Waals surface area contributed by atoms with Crippen LogP contribution in [0.3, 0.4) is 0 Å². The molecule has 0 rings (SSSR count). The van der Waals surface area contributed by atoms with Crippen molar-refractivity contribution >= 4 is 39.5 Å². The molecule has 17 nitrogen and oxygen atoms in total. The molecule has 0 aliphatic carbocycles. The van der Waals surface area contributed by atoms with Crippen LogP contribution in [0.25, 0.3) is 0 Å². The van der Waals surface area contributed by atoms with Crippen molar-refractivity contribution in [2.75, 3.05) is 39.6 Å². The van der Waals surface area contributed by atoms with Gasteiger partial charge in [-0.05, 0) is 31.6 Å². The van der Waals surface area contributed by atoms with Crippen LogP contribution in [0.15, 0.2) is 0 Å². The SMILES string of the molecule is CCCCCCCCCCCCCCCCCCC(=O)OC[C@H](COP(=O)(O)OC[C@@H](O)COP(=O)(O)OC[C@@H](COC(=O)CCCCCCCCCCC)OC(=O)CCCCCCCCCCCCCCCCCC)OC(=O)CCCCCCCCCCCCCCCCCCCCC(C)CC. The number of hydrogen-bond donors (Lipinski definition) is 3. The normalized spacial score (nSPS) is 14.1. The third-order valence-corrected chi connectivity index (χ3v) is 22.0. The second kappa shape index (κ2) is 76.8. The zero-order valence-corrected chi connectivity index (χ0v) is 69.3. The molecule has 0 bridgehead atoms.